The van der Waals surface area contributed by atoms with E-state index < -0.39 is 23.1 Å². The molecular formula is C27H34F3N3O4S2. The summed E-state index contributed by atoms with van der Waals surface area (Å²) < 4.78 is 47.2. The second-order valence-corrected chi connectivity index (χ2v) is 12.5. The van der Waals surface area contributed by atoms with Crippen LogP contribution in [0.5, 0.6) is 0 Å². The second kappa shape index (κ2) is 11.9. The highest BCUT2D eigenvalue weighted by Gasteiger charge is 2.40. The first-order valence-corrected chi connectivity index (χ1v) is 14.9. The Morgan fingerprint density at radius 2 is 1.74 bits per heavy atom. The van der Waals surface area contributed by atoms with Crippen molar-refractivity contribution in [1.82, 2.24) is 10.2 Å². The largest absolute Gasteiger partial charge is 0.462 e. The summed E-state index contributed by atoms with van der Waals surface area (Å²) in [5.74, 6) is -0.664. The van der Waals surface area contributed by atoms with E-state index in [-0.39, 0.29) is 43.0 Å². The molecule has 0 radical (unpaired) electrons. The van der Waals surface area contributed by atoms with Crippen molar-refractivity contribution in [2.24, 2.45) is 11.8 Å². The molecule has 0 saturated heterocycles. The Balaban J connectivity index is 1.52. The summed E-state index contributed by atoms with van der Waals surface area (Å²) >= 11 is 1.96. The second-order valence-electron chi connectivity index (χ2n) is 10.3. The third-order valence-corrected chi connectivity index (χ3v) is 9.94. The molecule has 0 bridgehead atoms. The minimum atomic E-state index is -4.58. The van der Waals surface area contributed by atoms with E-state index in [9.17, 15) is 27.6 Å². The van der Waals surface area contributed by atoms with Gasteiger partial charge in [-0.3, -0.25) is 10.1 Å². The van der Waals surface area contributed by atoms with Crippen LogP contribution < -0.4 is 10.6 Å². The normalized spacial score (nSPS) is 15.9. The highest BCUT2D eigenvalue weighted by Crippen LogP contribution is 2.43. The first kappa shape index (κ1) is 29.4. The Hall–Kier alpha value is -2.60. The van der Waals surface area contributed by atoms with Crippen LogP contribution in [0.15, 0.2) is 0 Å². The van der Waals surface area contributed by atoms with Crippen LogP contribution in [-0.2, 0) is 48.1 Å². The molecule has 214 valence electrons. The summed E-state index contributed by atoms with van der Waals surface area (Å²) in [6.45, 7) is 7.77. The van der Waals surface area contributed by atoms with Gasteiger partial charge in [0.1, 0.15) is 9.88 Å². The van der Waals surface area contributed by atoms with Gasteiger partial charge in [-0.25, -0.2) is 9.59 Å². The third-order valence-electron chi connectivity index (χ3n) is 7.43. The highest BCUT2D eigenvalue weighted by atomic mass is 32.1. The van der Waals surface area contributed by atoms with E-state index in [0.717, 1.165) is 29.7 Å². The van der Waals surface area contributed by atoms with Gasteiger partial charge in [0.25, 0.3) is 0 Å². The molecule has 0 unspecified atom stereocenters. The minimum absolute atomic E-state index is 0.0396. The maximum absolute atomic E-state index is 14.0. The molecule has 2 N–H and O–H groups in total. The van der Waals surface area contributed by atoms with Gasteiger partial charge in [-0.2, -0.15) is 13.2 Å². The molecule has 7 nitrogen and oxygen atoms in total. The number of hydrogen-bond donors (Lipinski definition) is 2. The topological polar surface area (TPSA) is 87.7 Å². The van der Waals surface area contributed by atoms with Crippen molar-refractivity contribution >= 4 is 45.6 Å². The van der Waals surface area contributed by atoms with Crippen LogP contribution >= 0.6 is 22.7 Å². The van der Waals surface area contributed by atoms with E-state index in [1.165, 1.54) is 11.3 Å². The predicted octanol–water partition coefficient (Wildman–Crippen LogP) is 6.38. The minimum Gasteiger partial charge on any atom is -0.462 e. The smallest absolute Gasteiger partial charge is 0.425 e. The van der Waals surface area contributed by atoms with Crippen molar-refractivity contribution in [2.45, 2.75) is 79.1 Å². The molecule has 0 spiro atoms. The van der Waals surface area contributed by atoms with Gasteiger partial charge < -0.3 is 15.0 Å². The molecule has 39 heavy (non-hydrogen) atoms. The number of amides is 3. The number of fused-ring (bicyclic) bond motifs is 2. The number of rotatable bonds is 7. The lowest BCUT2D eigenvalue weighted by atomic mass is 9.94. The number of hydrogen-bond acceptors (Lipinski definition) is 6. The zero-order chi connectivity index (χ0) is 28.5. The average Bonchev–Trinajstić information content (AvgIpc) is 3.44. The number of carbonyl (C=O) groups excluding carboxylic acids is 3. The van der Waals surface area contributed by atoms with Crippen LogP contribution in [-0.4, -0.2) is 36.0 Å². The lowest BCUT2D eigenvalue weighted by Crippen LogP contribution is -2.40. The van der Waals surface area contributed by atoms with Crippen LogP contribution in [0.4, 0.5) is 23.0 Å². The van der Waals surface area contributed by atoms with Gasteiger partial charge in [0.05, 0.1) is 18.7 Å². The Bertz CT molecular complexity index is 1250. The number of alkyl halides is 3. The molecule has 0 aromatic carbocycles. The van der Waals surface area contributed by atoms with Gasteiger partial charge in [-0.1, -0.05) is 20.8 Å². The number of nitrogens with one attached hydrogen (secondary N) is 2. The van der Waals surface area contributed by atoms with Crippen molar-refractivity contribution in [2.75, 3.05) is 18.5 Å². The molecule has 4 rings (SSSR count). The summed E-state index contributed by atoms with van der Waals surface area (Å²) in [5.41, 5.74) is 1.82. The predicted molar refractivity (Wildman–Crippen MR) is 145 cm³/mol. The molecule has 1 aliphatic carbocycles. The number of halogens is 3. The average molecular weight is 586 g/mol. The quantitative estimate of drug-likeness (QED) is 0.369. The number of ether oxygens (including phenoxy) is 1. The molecule has 1 atom stereocenters. The fourth-order valence-corrected chi connectivity index (χ4v) is 7.56. The molecule has 2 aliphatic rings. The van der Waals surface area contributed by atoms with E-state index in [4.69, 9.17) is 4.74 Å². The fraction of sp³-hybridized carbons (Fsp3) is 0.593. The van der Waals surface area contributed by atoms with Crippen molar-refractivity contribution < 1.29 is 32.3 Å². The zero-order valence-electron chi connectivity index (χ0n) is 22.5. The number of aryl methyl sites for hydroxylation is 1. The Kier molecular flexibility index (Phi) is 8.95. The van der Waals surface area contributed by atoms with Gasteiger partial charge in [-0.05, 0) is 61.6 Å². The van der Waals surface area contributed by atoms with Crippen LogP contribution in [0, 0.1) is 11.8 Å². The van der Waals surface area contributed by atoms with Gasteiger partial charge in [0.15, 0.2) is 0 Å². The van der Waals surface area contributed by atoms with Crippen molar-refractivity contribution in [3.05, 3.63) is 36.9 Å². The molecule has 3 heterocycles. The summed E-state index contributed by atoms with van der Waals surface area (Å²) in [6.07, 6.45) is -0.841. The first-order chi connectivity index (χ1) is 18.4. The van der Waals surface area contributed by atoms with E-state index in [1.54, 1.807) is 11.8 Å². The van der Waals surface area contributed by atoms with Gasteiger partial charge in [0.2, 0.25) is 5.91 Å². The van der Waals surface area contributed by atoms with Gasteiger partial charge >= 0.3 is 18.2 Å². The van der Waals surface area contributed by atoms with Crippen LogP contribution in [0.2, 0.25) is 0 Å². The summed E-state index contributed by atoms with van der Waals surface area (Å²) in [4.78, 5) is 40.8. The standard InChI is InChI=1S/C27H34F3N3O4S2/c1-5-37-25(35)21-17-8-6-7-9-19(17)39-23(21)32-26(36)31-12-18-16-10-11-33(24(34)15(4)14(2)3)13-20(16)38-22(18)27(28,29)30/h14-15H,5-13H2,1-4H3,(H2,31,32,36)/t15-/m0/s1. The number of carbonyl (C=O) groups is 3. The molecule has 3 amide bonds. The van der Waals surface area contributed by atoms with Gasteiger partial charge in [-0.15, -0.1) is 22.7 Å². The lowest BCUT2D eigenvalue weighted by Gasteiger charge is -2.31. The molecular weight excluding hydrogens is 551 g/mol. The Labute approximate surface area is 234 Å². The van der Waals surface area contributed by atoms with Crippen LogP contribution in [0.25, 0.3) is 0 Å². The first-order valence-electron chi connectivity index (χ1n) is 13.3. The molecule has 2 aromatic rings. The molecule has 0 fully saturated rings. The fourth-order valence-electron chi connectivity index (χ4n) is 5.04. The SMILES string of the molecule is CCOC(=O)c1c(NC(=O)NCc2c(C(F)(F)F)sc3c2CCN(C(=O)[C@@H](C)C(C)C)C3)sc2c1CCCC2. The summed E-state index contributed by atoms with van der Waals surface area (Å²) in [5, 5.41) is 5.62. The number of thiophene rings is 2. The van der Waals surface area contributed by atoms with Gasteiger partial charge in [0, 0.05) is 28.8 Å². The van der Waals surface area contributed by atoms with E-state index in [0.29, 0.717) is 51.7 Å². The number of esters is 1. The maximum atomic E-state index is 14.0. The van der Waals surface area contributed by atoms with Crippen LogP contribution in [0.3, 0.4) is 0 Å². The van der Waals surface area contributed by atoms with E-state index in [1.807, 2.05) is 20.8 Å². The Morgan fingerprint density at radius 1 is 1.03 bits per heavy atom. The third kappa shape index (κ3) is 6.26. The number of nitrogens with zero attached hydrogens (tertiary/aromatic N) is 1. The number of urea groups is 1. The maximum Gasteiger partial charge on any atom is 0.425 e. The highest BCUT2D eigenvalue weighted by molar-refractivity contribution is 7.17. The Morgan fingerprint density at radius 3 is 2.41 bits per heavy atom. The van der Waals surface area contributed by atoms with Crippen molar-refractivity contribution in [1.29, 1.82) is 0 Å². The lowest BCUT2D eigenvalue weighted by molar-refractivity contribution is -0.137. The van der Waals surface area contributed by atoms with E-state index >= 15 is 0 Å². The summed E-state index contributed by atoms with van der Waals surface area (Å²) in [6, 6.07) is -0.689. The van der Waals surface area contributed by atoms with Crippen LogP contribution in [0.1, 0.15) is 82.2 Å². The number of anilines is 1. The zero-order valence-corrected chi connectivity index (χ0v) is 24.2. The molecule has 0 saturated carbocycles. The molecule has 1 aliphatic heterocycles. The van der Waals surface area contributed by atoms with Crippen molar-refractivity contribution in [3.63, 3.8) is 0 Å². The van der Waals surface area contributed by atoms with Crippen molar-refractivity contribution in [3.8, 4) is 0 Å². The monoisotopic (exact) mass is 585 g/mol. The summed E-state index contributed by atoms with van der Waals surface area (Å²) in [7, 11) is 0. The van der Waals surface area contributed by atoms with E-state index in [2.05, 4.69) is 10.6 Å². The molecule has 12 heteroatoms. The molecule has 2 aromatic heterocycles.